The van der Waals surface area contributed by atoms with E-state index in [9.17, 15) is 8.78 Å². The van der Waals surface area contributed by atoms with Crippen LogP contribution in [0.2, 0.25) is 5.02 Å². The number of nitrogen functional groups attached to an aromatic ring is 1. The molecule has 0 unspecified atom stereocenters. The Morgan fingerprint density at radius 2 is 1.95 bits per heavy atom. The topological polar surface area (TPSA) is 47.3 Å². The Bertz CT molecular complexity index is 635. The van der Waals surface area contributed by atoms with Crippen LogP contribution in [0.25, 0.3) is 0 Å². The fourth-order valence-corrected chi connectivity index (χ4v) is 1.93. The van der Waals surface area contributed by atoms with Crippen molar-refractivity contribution < 1.29 is 13.5 Å². The molecular formula is C14H13ClF2N2O. The van der Waals surface area contributed by atoms with Gasteiger partial charge < -0.3 is 15.8 Å². The molecule has 0 aromatic heterocycles. The Kier molecular flexibility index (Phi) is 4.29. The fourth-order valence-electron chi connectivity index (χ4n) is 1.73. The normalized spacial score (nSPS) is 10.4. The van der Waals surface area contributed by atoms with Gasteiger partial charge in [-0.05, 0) is 17.7 Å². The molecule has 0 radical (unpaired) electrons. The van der Waals surface area contributed by atoms with Crippen molar-refractivity contribution in [1.29, 1.82) is 0 Å². The summed E-state index contributed by atoms with van der Waals surface area (Å²) >= 11 is 5.70. The van der Waals surface area contributed by atoms with Crippen molar-refractivity contribution in [2.24, 2.45) is 0 Å². The van der Waals surface area contributed by atoms with Gasteiger partial charge in [0.05, 0.1) is 23.5 Å². The number of nitrogens with two attached hydrogens (primary N) is 1. The van der Waals surface area contributed by atoms with E-state index < -0.39 is 11.6 Å². The third kappa shape index (κ3) is 3.11. The van der Waals surface area contributed by atoms with Crippen molar-refractivity contribution in [3.63, 3.8) is 0 Å². The summed E-state index contributed by atoms with van der Waals surface area (Å²) in [5.41, 5.74) is 7.29. The van der Waals surface area contributed by atoms with E-state index in [-0.39, 0.29) is 16.5 Å². The molecule has 0 saturated carbocycles. The van der Waals surface area contributed by atoms with E-state index in [1.807, 2.05) is 0 Å². The maximum Gasteiger partial charge on any atom is 0.167 e. The standard InChI is InChI=1S/C14H13ClF2N2O/c1-20-14-6-13(12(18)5-11(14)17)19-7-8-2-3-10(16)9(15)4-8/h2-6,19H,7,18H2,1H3. The molecule has 0 heterocycles. The Morgan fingerprint density at radius 1 is 1.20 bits per heavy atom. The van der Waals surface area contributed by atoms with Crippen molar-refractivity contribution in [2.45, 2.75) is 6.54 Å². The second-order valence-corrected chi connectivity index (χ2v) is 4.58. The first-order valence-electron chi connectivity index (χ1n) is 5.82. The highest BCUT2D eigenvalue weighted by atomic mass is 35.5. The zero-order chi connectivity index (χ0) is 14.7. The van der Waals surface area contributed by atoms with E-state index in [4.69, 9.17) is 22.1 Å². The molecule has 0 bridgehead atoms. The summed E-state index contributed by atoms with van der Waals surface area (Å²) in [6.07, 6.45) is 0. The van der Waals surface area contributed by atoms with Gasteiger partial charge in [0.25, 0.3) is 0 Å². The van der Waals surface area contributed by atoms with Gasteiger partial charge in [-0.3, -0.25) is 0 Å². The van der Waals surface area contributed by atoms with E-state index in [2.05, 4.69) is 5.32 Å². The highest BCUT2D eigenvalue weighted by molar-refractivity contribution is 6.30. The smallest absolute Gasteiger partial charge is 0.167 e. The van der Waals surface area contributed by atoms with Gasteiger partial charge in [0.15, 0.2) is 11.6 Å². The first kappa shape index (κ1) is 14.4. The summed E-state index contributed by atoms with van der Waals surface area (Å²) in [5.74, 6) is -0.905. The van der Waals surface area contributed by atoms with Crippen LogP contribution in [0.15, 0.2) is 30.3 Å². The Morgan fingerprint density at radius 3 is 2.60 bits per heavy atom. The first-order chi connectivity index (χ1) is 9.51. The van der Waals surface area contributed by atoms with Gasteiger partial charge in [-0.2, -0.15) is 0 Å². The number of anilines is 2. The summed E-state index contributed by atoms with van der Waals surface area (Å²) in [6.45, 7) is 0.374. The molecule has 0 aliphatic carbocycles. The zero-order valence-corrected chi connectivity index (χ0v) is 11.5. The lowest BCUT2D eigenvalue weighted by molar-refractivity contribution is 0.387. The number of nitrogens with one attached hydrogen (secondary N) is 1. The SMILES string of the molecule is COc1cc(NCc2ccc(F)c(Cl)c2)c(N)cc1F. The van der Waals surface area contributed by atoms with Crippen LogP contribution in [0.4, 0.5) is 20.2 Å². The number of halogens is 3. The summed E-state index contributed by atoms with van der Waals surface area (Å²) in [7, 11) is 1.37. The molecule has 3 N–H and O–H groups in total. The predicted octanol–water partition coefficient (Wildman–Crippen LogP) is 3.82. The fraction of sp³-hybridized carbons (Fsp3) is 0.143. The third-order valence-electron chi connectivity index (χ3n) is 2.79. The zero-order valence-electron chi connectivity index (χ0n) is 10.7. The van der Waals surface area contributed by atoms with Crippen LogP contribution in [0, 0.1) is 11.6 Å². The van der Waals surface area contributed by atoms with Crippen molar-refractivity contribution in [3.8, 4) is 5.75 Å². The summed E-state index contributed by atoms with van der Waals surface area (Å²) in [6, 6.07) is 7.05. The van der Waals surface area contributed by atoms with Crippen molar-refractivity contribution >= 4 is 23.0 Å². The Balaban J connectivity index is 2.16. The van der Waals surface area contributed by atoms with E-state index in [1.165, 1.54) is 31.4 Å². The van der Waals surface area contributed by atoms with Gasteiger partial charge in [0.1, 0.15) is 5.82 Å². The maximum atomic E-state index is 13.4. The number of methoxy groups -OCH3 is 1. The van der Waals surface area contributed by atoms with Crippen molar-refractivity contribution in [3.05, 3.63) is 52.6 Å². The lowest BCUT2D eigenvalue weighted by Gasteiger charge is -2.12. The third-order valence-corrected chi connectivity index (χ3v) is 3.08. The molecule has 2 rings (SSSR count). The number of hydrogen-bond acceptors (Lipinski definition) is 3. The van der Waals surface area contributed by atoms with Crippen LogP contribution in [0.1, 0.15) is 5.56 Å². The largest absolute Gasteiger partial charge is 0.494 e. The van der Waals surface area contributed by atoms with Gasteiger partial charge in [0.2, 0.25) is 0 Å². The molecule has 0 fully saturated rings. The molecule has 3 nitrogen and oxygen atoms in total. The highest BCUT2D eigenvalue weighted by Crippen LogP contribution is 2.28. The minimum atomic E-state index is -0.527. The molecular weight excluding hydrogens is 286 g/mol. The van der Waals surface area contributed by atoms with Gasteiger partial charge in [-0.15, -0.1) is 0 Å². The molecule has 0 amide bonds. The number of benzene rings is 2. The Labute approximate surface area is 120 Å². The molecule has 0 aliphatic heterocycles. The summed E-state index contributed by atoms with van der Waals surface area (Å²) in [4.78, 5) is 0. The van der Waals surface area contributed by atoms with Crippen LogP contribution in [0.5, 0.6) is 5.75 Å². The monoisotopic (exact) mass is 298 g/mol. The average molecular weight is 299 g/mol. The van der Waals surface area contributed by atoms with Crippen LogP contribution in [-0.4, -0.2) is 7.11 Å². The van der Waals surface area contributed by atoms with Gasteiger partial charge in [0, 0.05) is 18.7 Å². The van der Waals surface area contributed by atoms with Crippen LogP contribution >= 0.6 is 11.6 Å². The highest BCUT2D eigenvalue weighted by Gasteiger charge is 2.08. The molecule has 0 aliphatic rings. The second-order valence-electron chi connectivity index (χ2n) is 4.18. The van der Waals surface area contributed by atoms with E-state index >= 15 is 0 Å². The lowest BCUT2D eigenvalue weighted by Crippen LogP contribution is -2.04. The van der Waals surface area contributed by atoms with Crippen molar-refractivity contribution in [2.75, 3.05) is 18.2 Å². The minimum Gasteiger partial charge on any atom is -0.494 e. The van der Waals surface area contributed by atoms with Crippen LogP contribution < -0.4 is 15.8 Å². The van der Waals surface area contributed by atoms with Crippen LogP contribution in [-0.2, 0) is 6.54 Å². The molecule has 0 atom stereocenters. The molecule has 20 heavy (non-hydrogen) atoms. The predicted molar refractivity (Wildman–Crippen MR) is 76.1 cm³/mol. The molecule has 6 heteroatoms. The van der Waals surface area contributed by atoms with E-state index in [0.29, 0.717) is 12.2 Å². The van der Waals surface area contributed by atoms with E-state index in [0.717, 1.165) is 5.56 Å². The van der Waals surface area contributed by atoms with Gasteiger partial charge in [-0.1, -0.05) is 17.7 Å². The molecule has 2 aromatic carbocycles. The molecule has 2 aromatic rings. The number of ether oxygens (including phenoxy) is 1. The van der Waals surface area contributed by atoms with Crippen LogP contribution in [0.3, 0.4) is 0 Å². The number of hydrogen-bond donors (Lipinski definition) is 2. The second kappa shape index (κ2) is 5.96. The molecule has 0 saturated heterocycles. The lowest BCUT2D eigenvalue weighted by atomic mass is 10.2. The first-order valence-corrected chi connectivity index (χ1v) is 6.20. The molecule has 106 valence electrons. The summed E-state index contributed by atoms with van der Waals surface area (Å²) < 4.78 is 31.3. The molecule has 0 spiro atoms. The van der Waals surface area contributed by atoms with Gasteiger partial charge >= 0.3 is 0 Å². The summed E-state index contributed by atoms with van der Waals surface area (Å²) in [5, 5.41) is 3.08. The average Bonchev–Trinajstić information content (AvgIpc) is 2.41. The van der Waals surface area contributed by atoms with E-state index in [1.54, 1.807) is 6.07 Å². The van der Waals surface area contributed by atoms with Crippen molar-refractivity contribution in [1.82, 2.24) is 0 Å². The minimum absolute atomic E-state index is 0.0500. The quantitative estimate of drug-likeness (QED) is 0.844. The Hall–Kier alpha value is -2.01. The maximum absolute atomic E-state index is 13.4. The number of rotatable bonds is 4. The van der Waals surface area contributed by atoms with Gasteiger partial charge in [-0.25, -0.2) is 8.78 Å².